The van der Waals surface area contributed by atoms with Gasteiger partial charge in [-0.05, 0) is 66.3 Å². The summed E-state index contributed by atoms with van der Waals surface area (Å²) in [6.45, 7) is 2.54. The Balaban J connectivity index is 1.14. The highest BCUT2D eigenvalue weighted by molar-refractivity contribution is 6.35. The van der Waals surface area contributed by atoms with Crippen LogP contribution < -0.4 is 4.90 Å². The molecule has 2 N–H and O–H groups in total. The quantitative estimate of drug-likeness (QED) is 0.222. The number of rotatable bonds is 7. The molecule has 1 aromatic heterocycles. The van der Waals surface area contributed by atoms with Crippen molar-refractivity contribution >= 4 is 44.9 Å². The van der Waals surface area contributed by atoms with E-state index in [9.17, 15) is 9.90 Å². The van der Waals surface area contributed by atoms with Gasteiger partial charge in [-0.15, -0.1) is 0 Å². The Kier molecular flexibility index (Phi) is 7.34. The number of H-pyrrole nitrogens is 1. The van der Waals surface area contributed by atoms with Crippen LogP contribution in [0.5, 0.6) is 0 Å². The number of anilines is 1. The second-order valence-corrected chi connectivity index (χ2v) is 11.2. The molecule has 3 aliphatic heterocycles. The molecule has 3 aromatic carbocycles. The molecule has 0 radical (unpaired) electrons. The van der Waals surface area contributed by atoms with Gasteiger partial charge in [0.15, 0.2) is 0 Å². The van der Waals surface area contributed by atoms with E-state index in [4.69, 9.17) is 16.3 Å². The summed E-state index contributed by atoms with van der Waals surface area (Å²) in [7, 11) is 1.36. The van der Waals surface area contributed by atoms with Gasteiger partial charge in [0.25, 0.3) is 0 Å². The third kappa shape index (κ3) is 5.29. The molecule has 0 amide bonds. The lowest BCUT2D eigenvalue weighted by Crippen LogP contribution is -2.60. The Labute approximate surface area is 233 Å². The van der Waals surface area contributed by atoms with Crippen molar-refractivity contribution in [2.45, 2.75) is 43.9 Å². The third-order valence-electron chi connectivity index (χ3n) is 8.29. The number of carbonyl (C=O) groups is 1. The summed E-state index contributed by atoms with van der Waals surface area (Å²) in [6.07, 6.45) is 7.50. The van der Waals surface area contributed by atoms with Crippen LogP contribution in [0, 0.1) is 0 Å². The molecule has 39 heavy (non-hydrogen) atoms. The molecule has 6 nitrogen and oxygen atoms in total. The molecular formula is C32H34ClN3O3. The summed E-state index contributed by atoms with van der Waals surface area (Å²) < 4.78 is 4.86. The Morgan fingerprint density at radius 1 is 1.05 bits per heavy atom. The average Bonchev–Trinajstić information content (AvgIpc) is 3.39. The summed E-state index contributed by atoms with van der Waals surface area (Å²) in [5.41, 5.74) is 3.44. The SMILES string of the molecule is COC(=O)c1cc2c(CCC(O)CN3CC4CC=CCC3CN4c3ccc4ccccc4c3)ccc(Cl)c2[nH]1. The van der Waals surface area contributed by atoms with Gasteiger partial charge in [0, 0.05) is 42.8 Å². The van der Waals surface area contributed by atoms with Crippen LogP contribution in [0.3, 0.4) is 0 Å². The van der Waals surface area contributed by atoms with E-state index in [1.807, 2.05) is 12.1 Å². The smallest absolute Gasteiger partial charge is 0.354 e. The number of hydrogen-bond donors (Lipinski definition) is 2. The molecule has 3 aliphatic rings. The van der Waals surface area contributed by atoms with Crippen LogP contribution in [-0.4, -0.2) is 65.9 Å². The lowest BCUT2D eigenvalue weighted by atomic mass is 9.95. The first-order chi connectivity index (χ1) is 19.0. The number of fused-ring (bicyclic) bond motifs is 6. The number of methoxy groups -OCH3 is 1. The monoisotopic (exact) mass is 543 g/mol. The molecular weight excluding hydrogens is 510 g/mol. The van der Waals surface area contributed by atoms with Gasteiger partial charge in [0.1, 0.15) is 5.69 Å². The van der Waals surface area contributed by atoms with Crippen molar-refractivity contribution < 1.29 is 14.6 Å². The molecule has 4 heterocycles. The second kappa shape index (κ2) is 11.0. The predicted octanol–water partition coefficient (Wildman–Crippen LogP) is 5.96. The molecule has 7 heteroatoms. The minimum atomic E-state index is -0.450. The predicted molar refractivity (Wildman–Crippen MR) is 158 cm³/mol. The lowest BCUT2D eigenvalue weighted by molar-refractivity contribution is 0.0595. The first-order valence-corrected chi connectivity index (χ1v) is 14.1. The largest absolute Gasteiger partial charge is 0.464 e. The van der Waals surface area contributed by atoms with Crippen molar-refractivity contribution in [2.75, 3.05) is 31.6 Å². The highest BCUT2D eigenvalue weighted by Crippen LogP contribution is 2.32. The molecule has 7 rings (SSSR count). The van der Waals surface area contributed by atoms with E-state index in [0.29, 0.717) is 42.2 Å². The number of aliphatic hydroxyl groups is 1. The summed E-state index contributed by atoms with van der Waals surface area (Å²) >= 11 is 6.38. The number of nitrogens with one attached hydrogen (secondary N) is 1. The van der Waals surface area contributed by atoms with Gasteiger partial charge in [-0.1, -0.05) is 60.2 Å². The molecule has 202 valence electrons. The van der Waals surface area contributed by atoms with E-state index >= 15 is 0 Å². The molecule has 1 fully saturated rings. The summed E-state index contributed by atoms with van der Waals surface area (Å²) in [5, 5.41) is 15.1. The lowest BCUT2D eigenvalue weighted by Gasteiger charge is -2.49. The number of halogens is 1. The van der Waals surface area contributed by atoms with E-state index in [2.05, 4.69) is 69.4 Å². The zero-order valence-corrected chi connectivity index (χ0v) is 22.9. The van der Waals surface area contributed by atoms with Crippen molar-refractivity contribution in [2.24, 2.45) is 0 Å². The molecule has 1 saturated heterocycles. The van der Waals surface area contributed by atoms with Crippen molar-refractivity contribution in [3.05, 3.63) is 89.1 Å². The summed E-state index contributed by atoms with van der Waals surface area (Å²) in [4.78, 5) is 20.2. The first-order valence-electron chi connectivity index (χ1n) is 13.7. The van der Waals surface area contributed by atoms with E-state index < -0.39 is 12.1 Å². The Bertz CT molecular complexity index is 1530. The Hall–Kier alpha value is -3.32. The molecule has 2 bridgehead atoms. The topological polar surface area (TPSA) is 68.8 Å². The third-order valence-corrected chi connectivity index (χ3v) is 8.60. The van der Waals surface area contributed by atoms with Gasteiger partial charge in [-0.3, -0.25) is 4.90 Å². The van der Waals surface area contributed by atoms with E-state index in [1.165, 1.54) is 23.6 Å². The number of nitrogens with zero attached hydrogens (tertiary/aromatic N) is 2. The number of aromatic nitrogens is 1. The Morgan fingerprint density at radius 2 is 1.85 bits per heavy atom. The van der Waals surface area contributed by atoms with Crippen LogP contribution in [-0.2, 0) is 11.2 Å². The summed E-state index contributed by atoms with van der Waals surface area (Å²) in [6, 6.07) is 21.7. The highest BCUT2D eigenvalue weighted by Gasteiger charge is 2.35. The van der Waals surface area contributed by atoms with Crippen LogP contribution >= 0.6 is 11.6 Å². The number of carbonyl (C=O) groups excluding carboxylic acids is 1. The number of esters is 1. The molecule has 0 aliphatic carbocycles. The van der Waals surface area contributed by atoms with Crippen LogP contribution in [0.1, 0.15) is 35.3 Å². The number of aromatic amines is 1. The molecule has 4 aromatic rings. The zero-order chi connectivity index (χ0) is 26.9. The van der Waals surface area contributed by atoms with Crippen molar-refractivity contribution in [1.82, 2.24) is 9.88 Å². The maximum absolute atomic E-state index is 12.0. The fourth-order valence-electron chi connectivity index (χ4n) is 6.20. The number of hydrogen-bond acceptors (Lipinski definition) is 5. The van der Waals surface area contributed by atoms with Gasteiger partial charge in [-0.2, -0.15) is 0 Å². The van der Waals surface area contributed by atoms with Gasteiger partial charge in [0.05, 0.1) is 23.8 Å². The van der Waals surface area contributed by atoms with Gasteiger partial charge in [0.2, 0.25) is 0 Å². The summed E-state index contributed by atoms with van der Waals surface area (Å²) in [5.74, 6) is -0.424. The van der Waals surface area contributed by atoms with Crippen molar-refractivity contribution in [1.29, 1.82) is 0 Å². The van der Waals surface area contributed by atoms with E-state index in [0.717, 1.165) is 42.4 Å². The zero-order valence-electron chi connectivity index (χ0n) is 22.1. The van der Waals surface area contributed by atoms with Crippen molar-refractivity contribution in [3.63, 3.8) is 0 Å². The molecule has 0 saturated carbocycles. The van der Waals surface area contributed by atoms with Crippen LogP contribution in [0.4, 0.5) is 5.69 Å². The molecule has 3 atom stereocenters. The average molecular weight is 544 g/mol. The maximum Gasteiger partial charge on any atom is 0.354 e. The van der Waals surface area contributed by atoms with E-state index in [-0.39, 0.29) is 0 Å². The minimum Gasteiger partial charge on any atom is -0.464 e. The van der Waals surface area contributed by atoms with Gasteiger partial charge >= 0.3 is 5.97 Å². The number of benzene rings is 3. The molecule has 3 unspecified atom stereocenters. The minimum absolute atomic E-state index is 0.355. The fourth-order valence-corrected chi connectivity index (χ4v) is 6.41. The number of ether oxygens (including phenoxy) is 1. The standard InChI is InChI=1S/C32H34ClN3O3/c1-39-32(38)30-17-28-22(12-15-29(33)31(28)34-30)11-14-27(37)20-35-18-26-9-5-4-8-25(35)19-36(26)24-13-10-21-6-2-3-7-23(21)16-24/h2-7,10,12-13,15-17,25-27,34,37H,8-9,11,14,18-20H2,1H3. The number of piperazine rings is 1. The van der Waals surface area contributed by atoms with E-state index in [1.54, 1.807) is 6.07 Å². The molecule has 0 spiro atoms. The van der Waals surface area contributed by atoms with Gasteiger partial charge < -0.3 is 19.7 Å². The normalized spacial score (nSPS) is 20.3. The van der Waals surface area contributed by atoms with Crippen LogP contribution in [0.25, 0.3) is 21.7 Å². The first kappa shape index (κ1) is 25.9. The Morgan fingerprint density at radius 3 is 2.67 bits per heavy atom. The number of aryl methyl sites for hydroxylation is 1. The van der Waals surface area contributed by atoms with Crippen LogP contribution in [0.2, 0.25) is 5.02 Å². The van der Waals surface area contributed by atoms with Gasteiger partial charge in [-0.25, -0.2) is 4.79 Å². The van der Waals surface area contributed by atoms with Crippen LogP contribution in [0.15, 0.2) is 72.8 Å². The highest BCUT2D eigenvalue weighted by atomic mass is 35.5. The maximum atomic E-state index is 12.0. The number of aliphatic hydroxyl groups excluding tert-OH is 1. The second-order valence-electron chi connectivity index (χ2n) is 10.8. The van der Waals surface area contributed by atoms with Crippen molar-refractivity contribution in [3.8, 4) is 0 Å². The fraction of sp³-hybridized carbons (Fsp3) is 0.344.